The maximum atomic E-state index is 4.46. The summed E-state index contributed by atoms with van der Waals surface area (Å²) in [5.74, 6) is 1.13. The van der Waals surface area contributed by atoms with Crippen molar-refractivity contribution >= 4 is 21.7 Å². The summed E-state index contributed by atoms with van der Waals surface area (Å²) in [5.41, 5.74) is 1.26. The maximum Gasteiger partial charge on any atom is 0.131 e. The molecule has 0 aliphatic rings. The molecule has 1 rings (SSSR count). The molecule has 1 aromatic rings. The van der Waals surface area contributed by atoms with Crippen LogP contribution in [0.25, 0.3) is 0 Å². The molecule has 3 heteroatoms. The molecule has 0 aliphatic carbocycles. The van der Waals surface area contributed by atoms with Crippen molar-refractivity contribution < 1.29 is 0 Å². The van der Waals surface area contributed by atoms with E-state index < -0.39 is 0 Å². The van der Waals surface area contributed by atoms with Gasteiger partial charge in [0, 0.05) is 24.6 Å². The Morgan fingerprint density at radius 1 is 1.40 bits per heavy atom. The molecule has 0 N–H and O–H groups in total. The summed E-state index contributed by atoms with van der Waals surface area (Å²) in [6, 6.07) is 4.11. The third-order valence-corrected chi connectivity index (χ3v) is 2.77. The van der Waals surface area contributed by atoms with E-state index in [2.05, 4.69) is 45.7 Å². The summed E-state index contributed by atoms with van der Waals surface area (Å²) < 4.78 is 0. The molecular formula is C12H19BrN2. The molecule has 0 fully saturated rings. The number of pyridine rings is 1. The van der Waals surface area contributed by atoms with Gasteiger partial charge in [0.25, 0.3) is 0 Å². The average molecular weight is 271 g/mol. The molecule has 0 aromatic carbocycles. The maximum absolute atomic E-state index is 4.46. The van der Waals surface area contributed by atoms with Gasteiger partial charge in [-0.1, -0.05) is 35.3 Å². The molecule has 2 nitrogen and oxygen atoms in total. The number of hydrogen-bond donors (Lipinski definition) is 0. The normalized spacial score (nSPS) is 10.3. The second-order valence-electron chi connectivity index (χ2n) is 3.67. The molecule has 0 aliphatic heterocycles. The highest BCUT2D eigenvalue weighted by atomic mass is 79.9. The first-order chi connectivity index (χ1) is 7.29. The van der Waals surface area contributed by atoms with Gasteiger partial charge in [0.2, 0.25) is 0 Å². The van der Waals surface area contributed by atoms with Gasteiger partial charge in [-0.05, 0) is 25.0 Å². The number of hydrogen-bond acceptors (Lipinski definition) is 2. The zero-order valence-electron chi connectivity index (χ0n) is 9.54. The topological polar surface area (TPSA) is 16.1 Å². The average Bonchev–Trinajstić information content (AvgIpc) is 2.25. The van der Waals surface area contributed by atoms with Crippen molar-refractivity contribution in [1.82, 2.24) is 4.98 Å². The van der Waals surface area contributed by atoms with Crippen LogP contribution in [0.5, 0.6) is 0 Å². The lowest BCUT2D eigenvalue weighted by molar-refractivity contribution is 0.725. The Morgan fingerprint density at radius 2 is 2.20 bits per heavy atom. The highest BCUT2D eigenvalue weighted by Gasteiger charge is 2.08. The molecular weight excluding hydrogens is 252 g/mol. The first kappa shape index (κ1) is 12.5. The third-order valence-electron chi connectivity index (χ3n) is 2.42. The fourth-order valence-electron chi connectivity index (χ4n) is 1.58. The summed E-state index contributed by atoms with van der Waals surface area (Å²) in [4.78, 5) is 6.81. The van der Waals surface area contributed by atoms with Gasteiger partial charge in [-0.15, -0.1) is 0 Å². The highest BCUT2D eigenvalue weighted by Crippen LogP contribution is 2.16. The van der Waals surface area contributed by atoms with E-state index in [0.717, 1.165) is 24.2 Å². The monoisotopic (exact) mass is 270 g/mol. The molecule has 0 amide bonds. The van der Waals surface area contributed by atoms with Gasteiger partial charge in [-0.25, -0.2) is 4.98 Å². The van der Waals surface area contributed by atoms with Crippen LogP contribution < -0.4 is 4.90 Å². The van der Waals surface area contributed by atoms with E-state index in [4.69, 9.17) is 0 Å². The Labute approximate surface area is 101 Å². The van der Waals surface area contributed by atoms with Crippen molar-refractivity contribution in [3.8, 4) is 0 Å². The van der Waals surface area contributed by atoms with Crippen molar-refractivity contribution in [3.05, 3.63) is 23.9 Å². The van der Waals surface area contributed by atoms with Crippen LogP contribution in [0.3, 0.4) is 0 Å². The number of aromatic nitrogens is 1. The summed E-state index contributed by atoms with van der Waals surface area (Å²) >= 11 is 3.49. The molecule has 1 aromatic heterocycles. The van der Waals surface area contributed by atoms with E-state index in [0.29, 0.717) is 0 Å². The minimum Gasteiger partial charge on any atom is -0.356 e. The van der Waals surface area contributed by atoms with Gasteiger partial charge in [-0.3, -0.25) is 0 Å². The minimum atomic E-state index is 0.993. The van der Waals surface area contributed by atoms with E-state index in [-0.39, 0.29) is 0 Å². The van der Waals surface area contributed by atoms with Gasteiger partial charge in [0.05, 0.1) is 0 Å². The molecule has 0 atom stereocenters. The molecule has 0 spiro atoms. The quantitative estimate of drug-likeness (QED) is 0.737. The van der Waals surface area contributed by atoms with Crippen LogP contribution >= 0.6 is 15.9 Å². The number of unbranched alkanes of at least 4 members (excludes halogenated alkanes) is 1. The molecule has 1 heterocycles. The number of anilines is 1. The van der Waals surface area contributed by atoms with Crippen molar-refractivity contribution in [2.24, 2.45) is 0 Å². The van der Waals surface area contributed by atoms with E-state index in [1.54, 1.807) is 0 Å². The van der Waals surface area contributed by atoms with E-state index in [1.807, 2.05) is 12.3 Å². The van der Waals surface area contributed by atoms with Crippen LogP contribution in [0.15, 0.2) is 18.3 Å². The Hall–Kier alpha value is -0.570. The van der Waals surface area contributed by atoms with Crippen LogP contribution in [-0.2, 0) is 0 Å². The van der Waals surface area contributed by atoms with Gasteiger partial charge >= 0.3 is 0 Å². The first-order valence-corrected chi connectivity index (χ1v) is 6.64. The van der Waals surface area contributed by atoms with E-state index in [9.17, 15) is 0 Å². The number of rotatable bonds is 6. The standard InChI is InChI=1S/C12H19BrN2/c1-3-4-9-15(10-7-13)12-11(2)6-5-8-14-12/h5-6,8H,3-4,7,9-10H2,1-2H3. The molecule has 0 unspecified atom stereocenters. The zero-order chi connectivity index (χ0) is 11.1. The summed E-state index contributed by atoms with van der Waals surface area (Å²) in [6.07, 6.45) is 4.32. The highest BCUT2D eigenvalue weighted by molar-refractivity contribution is 9.09. The Balaban J connectivity index is 2.74. The Morgan fingerprint density at radius 3 is 2.80 bits per heavy atom. The number of nitrogens with zero attached hydrogens (tertiary/aromatic N) is 2. The third kappa shape index (κ3) is 3.82. The molecule has 0 saturated carbocycles. The van der Waals surface area contributed by atoms with Crippen LogP contribution in [-0.4, -0.2) is 23.4 Å². The number of alkyl halides is 1. The van der Waals surface area contributed by atoms with Crippen LogP contribution in [0.2, 0.25) is 0 Å². The van der Waals surface area contributed by atoms with Gasteiger partial charge in [-0.2, -0.15) is 0 Å². The second kappa shape index (κ2) is 6.83. The van der Waals surface area contributed by atoms with Crippen LogP contribution in [0.1, 0.15) is 25.3 Å². The predicted octanol–water partition coefficient (Wildman–Crippen LogP) is 3.39. The van der Waals surface area contributed by atoms with Crippen molar-refractivity contribution in [2.45, 2.75) is 26.7 Å². The fourth-order valence-corrected chi connectivity index (χ4v) is 2.01. The van der Waals surface area contributed by atoms with Crippen LogP contribution in [0.4, 0.5) is 5.82 Å². The first-order valence-electron chi connectivity index (χ1n) is 5.52. The molecule has 15 heavy (non-hydrogen) atoms. The van der Waals surface area contributed by atoms with E-state index in [1.165, 1.54) is 18.4 Å². The van der Waals surface area contributed by atoms with Gasteiger partial charge in [0.15, 0.2) is 0 Å². The van der Waals surface area contributed by atoms with Crippen molar-refractivity contribution in [1.29, 1.82) is 0 Å². The lowest BCUT2D eigenvalue weighted by atomic mass is 10.2. The molecule has 0 saturated heterocycles. The predicted molar refractivity (Wildman–Crippen MR) is 69.9 cm³/mol. The number of aryl methyl sites for hydroxylation is 1. The zero-order valence-corrected chi connectivity index (χ0v) is 11.1. The summed E-state index contributed by atoms with van der Waals surface area (Å²) in [5, 5.41) is 0.993. The minimum absolute atomic E-state index is 0.993. The fraction of sp³-hybridized carbons (Fsp3) is 0.583. The van der Waals surface area contributed by atoms with Gasteiger partial charge in [0.1, 0.15) is 5.82 Å². The largest absolute Gasteiger partial charge is 0.356 e. The summed E-state index contributed by atoms with van der Waals surface area (Å²) in [6.45, 7) is 6.46. The second-order valence-corrected chi connectivity index (χ2v) is 4.47. The lowest BCUT2D eigenvalue weighted by Gasteiger charge is -2.24. The van der Waals surface area contributed by atoms with Crippen LogP contribution in [0, 0.1) is 6.92 Å². The Kier molecular flexibility index (Phi) is 5.69. The SMILES string of the molecule is CCCCN(CCBr)c1ncccc1C. The van der Waals surface area contributed by atoms with Crippen molar-refractivity contribution in [3.63, 3.8) is 0 Å². The smallest absolute Gasteiger partial charge is 0.131 e. The van der Waals surface area contributed by atoms with Gasteiger partial charge < -0.3 is 4.90 Å². The number of halogens is 1. The molecule has 0 radical (unpaired) electrons. The van der Waals surface area contributed by atoms with E-state index >= 15 is 0 Å². The van der Waals surface area contributed by atoms with Crippen molar-refractivity contribution in [2.75, 3.05) is 23.3 Å². The lowest BCUT2D eigenvalue weighted by Crippen LogP contribution is -2.28. The molecule has 84 valence electrons. The summed E-state index contributed by atoms with van der Waals surface area (Å²) in [7, 11) is 0. The Bertz CT molecular complexity index is 289. The molecule has 0 bridgehead atoms.